The fourth-order valence-corrected chi connectivity index (χ4v) is 3.82. The zero-order valence-corrected chi connectivity index (χ0v) is 19.0. The van der Waals surface area contributed by atoms with Crippen LogP contribution in [-0.4, -0.2) is 66.8 Å². The lowest BCUT2D eigenvalue weighted by Crippen LogP contribution is -2.33. The van der Waals surface area contributed by atoms with Crippen molar-refractivity contribution in [3.05, 3.63) is 17.3 Å². The fourth-order valence-electron chi connectivity index (χ4n) is 3.82. The molecular formula is C21H25F3N8O4. The number of aromatic nitrogens is 4. The van der Waals surface area contributed by atoms with Crippen molar-refractivity contribution in [1.82, 2.24) is 24.9 Å². The normalized spacial score (nSPS) is 23.3. The van der Waals surface area contributed by atoms with Gasteiger partial charge in [-0.1, -0.05) is 0 Å². The molecule has 0 aromatic carbocycles. The van der Waals surface area contributed by atoms with Gasteiger partial charge in [-0.05, 0) is 44.6 Å². The predicted molar refractivity (Wildman–Crippen MR) is 121 cm³/mol. The van der Waals surface area contributed by atoms with E-state index in [2.05, 4.69) is 31.0 Å². The summed E-state index contributed by atoms with van der Waals surface area (Å²) in [5.74, 6) is -2.25. The molecule has 15 heteroatoms. The first-order valence-corrected chi connectivity index (χ1v) is 11.4. The monoisotopic (exact) mass is 510 g/mol. The molecule has 2 saturated carbocycles. The number of alkyl halides is 3. The fraction of sp³-hybridized carbons (Fsp3) is 0.524. The van der Waals surface area contributed by atoms with Crippen molar-refractivity contribution in [1.29, 1.82) is 0 Å². The molecule has 0 radical (unpaired) electrons. The highest BCUT2D eigenvalue weighted by Gasteiger charge is 2.38. The molecule has 6 N–H and O–H groups in total. The molecule has 2 aromatic rings. The maximum atomic E-state index is 11.9. The van der Waals surface area contributed by atoms with Crippen LogP contribution in [0.1, 0.15) is 50.5 Å². The minimum Gasteiger partial charge on any atom is -0.475 e. The van der Waals surface area contributed by atoms with Crippen molar-refractivity contribution >= 4 is 41.4 Å². The van der Waals surface area contributed by atoms with Crippen molar-refractivity contribution in [2.24, 2.45) is 5.73 Å². The molecule has 0 spiro atoms. The zero-order chi connectivity index (χ0) is 26.0. The number of anilines is 2. The van der Waals surface area contributed by atoms with Crippen LogP contribution in [0.3, 0.4) is 0 Å². The van der Waals surface area contributed by atoms with Gasteiger partial charge in [0.15, 0.2) is 5.65 Å². The average molecular weight is 510 g/mol. The maximum Gasteiger partial charge on any atom is 0.490 e. The Balaban J connectivity index is 0.000000384. The van der Waals surface area contributed by atoms with E-state index in [1.165, 1.54) is 0 Å². The van der Waals surface area contributed by atoms with Gasteiger partial charge in [0.25, 0.3) is 5.91 Å². The van der Waals surface area contributed by atoms with Gasteiger partial charge in [-0.15, -0.1) is 0 Å². The Bertz CT molecular complexity index is 1200. The van der Waals surface area contributed by atoms with Gasteiger partial charge in [-0.3, -0.25) is 14.9 Å². The van der Waals surface area contributed by atoms with Crippen LogP contribution in [0.15, 0.2) is 11.8 Å². The summed E-state index contributed by atoms with van der Waals surface area (Å²) < 4.78 is 33.4. The number of carbonyl (C=O) groups is 3. The molecule has 1 saturated heterocycles. The lowest BCUT2D eigenvalue weighted by Gasteiger charge is -2.26. The third-order valence-electron chi connectivity index (χ3n) is 5.88. The Morgan fingerprint density at radius 2 is 1.72 bits per heavy atom. The minimum absolute atomic E-state index is 0.0713. The van der Waals surface area contributed by atoms with Gasteiger partial charge in [0.05, 0.1) is 12.6 Å². The summed E-state index contributed by atoms with van der Waals surface area (Å²) in [6.45, 7) is 0. The van der Waals surface area contributed by atoms with Crippen LogP contribution in [-0.2, 0) is 14.4 Å². The number of imide groups is 1. The quantitative estimate of drug-likeness (QED) is 0.292. The van der Waals surface area contributed by atoms with Gasteiger partial charge in [0.1, 0.15) is 0 Å². The van der Waals surface area contributed by atoms with Crippen LogP contribution < -0.4 is 21.7 Å². The van der Waals surface area contributed by atoms with Gasteiger partial charge in [0.2, 0.25) is 17.8 Å². The SMILES string of the molecule is NC1CCC(Nc2nc(NC3CC3)n3ncc(/C=C4\CC(=O)NC4=O)c3n2)CC1.O=C(O)C(F)(F)F. The molecule has 0 atom stereocenters. The van der Waals surface area contributed by atoms with Crippen molar-refractivity contribution in [3.8, 4) is 0 Å². The van der Waals surface area contributed by atoms with E-state index in [-0.39, 0.29) is 30.3 Å². The largest absolute Gasteiger partial charge is 0.490 e. The lowest BCUT2D eigenvalue weighted by atomic mass is 9.92. The van der Waals surface area contributed by atoms with Crippen LogP contribution in [0.2, 0.25) is 0 Å². The number of hydrogen-bond donors (Lipinski definition) is 5. The molecule has 1 aliphatic heterocycles. The molecule has 36 heavy (non-hydrogen) atoms. The first-order chi connectivity index (χ1) is 17.0. The smallest absolute Gasteiger partial charge is 0.475 e. The molecule has 0 bridgehead atoms. The van der Waals surface area contributed by atoms with Crippen molar-refractivity contribution < 1.29 is 32.7 Å². The number of rotatable bonds is 5. The van der Waals surface area contributed by atoms with E-state index in [9.17, 15) is 22.8 Å². The number of carbonyl (C=O) groups excluding carboxylic acids is 2. The minimum atomic E-state index is -5.08. The second-order valence-corrected chi connectivity index (χ2v) is 8.91. The summed E-state index contributed by atoms with van der Waals surface area (Å²) in [7, 11) is 0. The first-order valence-electron chi connectivity index (χ1n) is 11.4. The van der Waals surface area contributed by atoms with E-state index < -0.39 is 12.1 Å². The zero-order valence-electron chi connectivity index (χ0n) is 19.0. The van der Waals surface area contributed by atoms with Crippen molar-refractivity contribution in [2.45, 2.75) is 69.2 Å². The summed E-state index contributed by atoms with van der Waals surface area (Å²) in [4.78, 5) is 41.6. The highest BCUT2D eigenvalue weighted by atomic mass is 19.4. The average Bonchev–Trinajstić information content (AvgIpc) is 3.43. The van der Waals surface area contributed by atoms with E-state index in [4.69, 9.17) is 15.6 Å². The number of carboxylic acid groups (broad SMARTS) is 1. The highest BCUT2D eigenvalue weighted by Crippen LogP contribution is 2.27. The molecule has 3 fully saturated rings. The third-order valence-corrected chi connectivity index (χ3v) is 5.88. The van der Waals surface area contributed by atoms with E-state index in [1.807, 2.05) is 0 Å². The highest BCUT2D eigenvalue weighted by molar-refractivity contribution is 6.15. The summed E-state index contributed by atoms with van der Waals surface area (Å²) in [6.07, 6.45) is 4.47. The van der Waals surface area contributed by atoms with Crippen molar-refractivity contribution in [3.63, 3.8) is 0 Å². The van der Waals surface area contributed by atoms with Gasteiger partial charge in [-0.2, -0.15) is 32.8 Å². The number of nitrogens with one attached hydrogen (secondary N) is 3. The molecule has 3 heterocycles. The standard InChI is InChI=1S/C19H24N8O2.C2HF3O2/c20-12-1-3-13(4-2-12)22-18-25-16-11(7-10-8-15(28)24-17(10)29)9-21-27(16)19(26-18)23-14-5-6-14;3-2(4,5)1(6)7/h7,9,12-14H,1-6,8,20H2,(H,24,28,29)(H2,22,23,25,26);(H,6,7)/b10-7+;. The molecular weight excluding hydrogens is 485 g/mol. The molecule has 2 aromatic heterocycles. The number of amides is 2. The number of carboxylic acids is 1. The van der Waals surface area contributed by atoms with Gasteiger partial charge in [0, 0.05) is 29.3 Å². The molecule has 2 amide bonds. The maximum absolute atomic E-state index is 11.9. The summed E-state index contributed by atoms with van der Waals surface area (Å²) in [5.41, 5.74) is 7.70. The summed E-state index contributed by atoms with van der Waals surface area (Å²) >= 11 is 0. The predicted octanol–water partition coefficient (Wildman–Crippen LogP) is 1.44. The van der Waals surface area contributed by atoms with Crippen LogP contribution in [0.25, 0.3) is 11.7 Å². The third kappa shape index (κ3) is 6.27. The van der Waals surface area contributed by atoms with Crippen LogP contribution >= 0.6 is 0 Å². The van der Waals surface area contributed by atoms with Crippen LogP contribution in [0.4, 0.5) is 25.1 Å². The van der Waals surface area contributed by atoms with Gasteiger partial charge < -0.3 is 21.5 Å². The van der Waals surface area contributed by atoms with Crippen LogP contribution in [0, 0.1) is 0 Å². The Labute approximate surface area is 202 Å². The van der Waals surface area contributed by atoms with E-state index in [1.54, 1.807) is 16.8 Å². The number of nitrogens with two attached hydrogens (primary N) is 1. The van der Waals surface area contributed by atoms with E-state index >= 15 is 0 Å². The Hall–Kier alpha value is -3.75. The van der Waals surface area contributed by atoms with E-state index in [0.717, 1.165) is 38.5 Å². The summed E-state index contributed by atoms with van der Waals surface area (Å²) in [5, 5.41) is 20.7. The van der Waals surface area contributed by atoms with Crippen molar-refractivity contribution in [2.75, 3.05) is 10.6 Å². The van der Waals surface area contributed by atoms with Gasteiger partial charge in [-0.25, -0.2) is 4.79 Å². The van der Waals surface area contributed by atoms with Gasteiger partial charge >= 0.3 is 12.1 Å². The number of nitrogens with zero attached hydrogens (tertiary/aromatic N) is 4. The Morgan fingerprint density at radius 3 is 2.28 bits per heavy atom. The molecule has 2 aliphatic carbocycles. The van der Waals surface area contributed by atoms with Crippen LogP contribution in [0.5, 0.6) is 0 Å². The summed E-state index contributed by atoms with van der Waals surface area (Å²) in [6, 6.07) is 0.962. The Morgan fingerprint density at radius 1 is 1.11 bits per heavy atom. The number of aliphatic carboxylic acids is 1. The molecule has 194 valence electrons. The molecule has 5 rings (SSSR count). The number of fused-ring (bicyclic) bond motifs is 1. The molecule has 3 aliphatic rings. The number of hydrogen-bond acceptors (Lipinski definition) is 9. The topological polar surface area (TPSA) is 177 Å². The lowest BCUT2D eigenvalue weighted by molar-refractivity contribution is -0.192. The second kappa shape index (κ2) is 10.1. The first kappa shape index (κ1) is 25.3. The van der Waals surface area contributed by atoms with E-state index in [0.29, 0.717) is 34.7 Å². The number of halogens is 3. The molecule has 12 nitrogen and oxygen atoms in total. The molecule has 0 unspecified atom stereocenters. The Kier molecular flexibility index (Phi) is 7.10. The second-order valence-electron chi connectivity index (χ2n) is 8.91.